The highest BCUT2D eigenvalue weighted by Crippen LogP contribution is 2.23. The van der Waals surface area contributed by atoms with Crippen LogP contribution < -0.4 is 10.6 Å². The first kappa shape index (κ1) is 12.1. The summed E-state index contributed by atoms with van der Waals surface area (Å²) in [5.41, 5.74) is 2.47. The fraction of sp³-hybridized carbons (Fsp3) is 0.500. The van der Waals surface area contributed by atoms with Crippen molar-refractivity contribution in [1.82, 2.24) is 10.6 Å². The summed E-state index contributed by atoms with van der Waals surface area (Å²) in [4.78, 5) is 11.2. The minimum Gasteiger partial charge on any atom is -0.359 e. The van der Waals surface area contributed by atoms with Gasteiger partial charge in [-0.1, -0.05) is 24.3 Å². The van der Waals surface area contributed by atoms with E-state index >= 15 is 0 Å². The lowest BCUT2D eigenvalue weighted by Gasteiger charge is -2.23. The molecule has 3 heteroatoms. The number of piperidine rings is 1. The molecule has 0 radical (unpaired) electrons. The van der Waals surface area contributed by atoms with E-state index < -0.39 is 0 Å². The molecule has 0 bridgehead atoms. The van der Waals surface area contributed by atoms with Crippen LogP contribution in [-0.4, -0.2) is 26.0 Å². The predicted molar refractivity (Wildman–Crippen MR) is 69.1 cm³/mol. The Morgan fingerprint density at radius 1 is 1.41 bits per heavy atom. The van der Waals surface area contributed by atoms with Crippen LogP contribution in [-0.2, 0) is 11.2 Å². The van der Waals surface area contributed by atoms with E-state index in [0.717, 1.165) is 18.7 Å². The van der Waals surface area contributed by atoms with E-state index in [0.29, 0.717) is 12.3 Å². The van der Waals surface area contributed by atoms with Crippen molar-refractivity contribution in [3.63, 3.8) is 0 Å². The molecule has 17 heavy (non-hydrogen) atoms. The van der Waals surface area contributed by atoms with Crippen LogP contribution in [0, 0.1) is 0 Å². The van der Waals surface area contributed by atoms with E-state index in [1.165, 1.54) is 18.4 Å². The molecule has 1 heterocycles. The van der Waals surface area contributed by atoms with Gasteiger partial charge in [-0.15, -0.1) is 0 Å². The van der Waals surface area contributed by atoms with Gasteiger partial charge in [-0.05, 0) is 36.4 Å². The lowest BCUT2D eigenvalue weighted by Crippen LogP contribution is -2.28. The zero-order valence-corrected chi connectivity index (χ0v) is 10.3. The van der Waals surface area contributed by atoms with Crippen LogP contribution in [0.2, 0.25) is 0 Å². The largest absolute Gasteiger partial charge is 0.359 e. The van der Waals surface area contributed by atoms with E-state index in [-0.39, 0.29) is 5.91 Å². The van der Waals surface area contributed by atoms with Gasteiger partial charge in [-0.25, -0.2) is 0 Å². The molecule has 1 aliphatic heterocycles. The maximum absolute atomic E-state index is 11.2. The van der Waals surface area contributed by atoms with Crippen molar-refractivity contribution in [2.45, 2.75) is 25.2 Å². The molecule has 92 valence electrons. The van der Waals surface area contributed by atoms with Crippen molar-refractivity contribution < 1.29 is 4.79 Å². The Hall–Kier alpha value is -1.35. The number of hydrogen-bond donors (Lipinski definition) is 2. The van der Waals surface area contributed by atoms with E-state index in [1.54, 1.807) is 7.05 Å². The second-order valence-corrected chi connectivity index (χ2v) is 4.63. The third-order valence-electron chi connectivity index (χ3n) is 3.39. The van der Waals surface area contributed by atoms with Gasteiger partial charge in [0.05, 0.1) is 6.42 Å². The Morgan fingerprint density at radius 2 is 2.18 bits per heavy atom. The van der Waals surface area contributed by atoms with Gasteiger partial charge in [0, 0.05) is 13.6 Å². The molecular weight excluding hydrogens is 212 g/mol. The standard InChI is InChI=1S/C14H20N2O/c1-15-14(17)9-11-4-6-12(7-5-11)13-3-2-8-16-10-13/h4-7,13,16H,2-3,8-10H2,1H3,(H,15,17). The van der Waals surface area contributed by atoms with Gasteiger partial charge in [0.25, 0.3) is 0 Å². The molecule has 1 fully saturated rings. The van der Waals surface area contributed by atoms with Crippen LogP contribution in [0.3, 0.4) is 0 Å². The number of rotatable bonds is 3. The van der Waals surface area contributed by atoms with Gasteiger partial charge < -0.3 is 10.6 Å². The number of carbonyl (C=O) groups excluding carboxylic acids is 1. The second-order valence-electron chi connectivity index (χ2n) is 4.63. The summed E-state index contributed by atoms with van der Waals surface area (Å²) in [5.74, 6) is 0.704. The summed E-state index contributed by atoms with van der Waals surface area (Å²) < 4.78 is 0. The molecular formula is C14H20N2O. The topological polar surface area (TPSA) is 41.1 Å². The van der Waals surface area contributed by atoms with E-state index in [9.17, 15) is 4.79 Å². The molecule has 0 saturated carbocycles. The van der Waals surface area contributed by atoms with Gasteiger partial charge in [-0.3, -0.25) is 4.79 Å². The van der Waals surface area contributed by atoms with Crippen molar-refractivity contribution in [1.29, 1.82) is 0 Å². The predicted octanol–water partition coefficient (Wildman–Crippen LogP) is 1.44. The number of nitrogens with one attached hydrogen (secondary N) is 2. The van der Waals surface area contributed by atoms with Crippen molar-refractivity contribution in [3.05, 3.63) is 35.4 Å². The number of carbonyl (C=O) groups is 1. The molecule has 1 amide bonds. The lowest BCUT2D eigenvalue weighted by atomic mass is 9.91. The monoisotopic (exact) mass is 232 g/mol. The average molecular weight is 232 g/mol. The zero-order valence-electron chi connectivity index (χ0n) is 10.3. The third-order valence-corrected chi connectivity index (χ3v) is 3.39. The van der Waals surface area contributed by atoms with Crippen molar-refractivity contribution in [2.75, 3.05) is 20.1 Å². The first-order chi connectivity index (χ1) is 8.29. The summed E-state index contributed by atoms with van der Waals surface area (Å²) in [6.45, 7) is 2.22. The SMILES string of the molecule is CNC(=O)Cc1ccc(C2CCCNC2)cc1. The Balaban J connectivity index is 1.99. The number of likely N-dealkylation sites (N-methyl/N-ethyl adjacent to an activating group) is 1. The maximum atomic E-state index is 11.2. The van der Waals surface area contributed by atoms with Crippen LogP contribution in [0.15, 0.2) is 24.3 Å². The molecule has 1 saturated heterocycles. The Morgan fingerprint density at radius 3 is 2.76 bits per heavy atom. The van der Waals surface area contributed by atoms with Gasteiger partial charge in [0.15, 0.2) is 0 Å². The van der Waals surface area contributed by atoms with Gasteiger partial charge in [0.1, 0.15) is 0 Å². The minimum atomic E-state index is 0.0667. The fourth-order valence-electron chi connectivity index (χ4n) is 2.32. The van der Waals surface area contributed by atoms with Gasteiger partial charge in [0.2, 0.25) is 5.91 Å². The summed E-state index contributed by atoms with van der Waals surface area (Å²) in [6.07, 6.45) is 2.99. The van der Waals surface area contributed by atoms with Crippen molar-refractivity contribution in [3.8, 4) is 0 Å². The summed E-state index contributed by atoms with van der Waals surface area (Å²) in [6, 6.07) is 8.46. The van der Waals surface area contributed by atoms with E-state index in [1.807, 2.05) is 0 Å². The molecule has 0 aliphatic carbocycles. The quantitative estimate of drug-likeness (QED) is 0.828. The number of benzene rings is 1. The van der Waals surface area contributed by atoms with Crippen molar-refractivity contribution in [2.24, 2.45) is 0 Å². The molecule has 1 aromatic rings. The molecule has 1 unspecified atom stereocenters. The minimum absolute atomic E-state index is 0.0667. The first-order valence-corrected chi connectivity index (χ1v) is 6.29. The highest BCUT2D eigenvalue weighted by Gasteiger charge is 2.14. The van der Waals surface area contributed by atoms with Gasteiger partial charge in [-0.2, -0.15) is 0 Å². The summed E-state index contributed by atoms with van der Waals surface area (Å²) in [5, 5.41) is 6.07. The Bertz CT molecular complexity index is 366. The van der Waals surface area contributed by atoms with Crippen LogP contribution in [0.25, 0.3) is 0 Å². The lowest BCUT2D eigenvalue weighted by molar-refractivity contribution is -0.119. The smallest absolute Gasteiger partial charge is 0.224 e. The first-order valence-electron chi connectivity index (χ1n) is 6.29. The zero-order chi connectivity index (χ0) is 12.1. The summed E-state index contributed by atoms with van der Waals surface area (Å²) >= 11 is 0. The third kappa shape index (κ3) is 3.30. The molecule has 1 atom stereocenters. The van der Waals surface area contributed by atoms with Crippen LogP contribution in [0.4, 0.5) is 0 Å². The molecule has 1 aliphatic rings. The Kier molecular flexibility index (Phi) is 4.15. The molecule has 3 nitrogen and oxygen atoms in total. The molecule has 1 aromatic carbocycles. The van der Waals surface area contributed by atoms with Crippen LogP contribution >= 0.6 is 0 Å². The van der Waals surface area contributed by atoms with E-state index in [4.69, 9.17) is 0 Å². The van der Waals surface area contributed by atoms with Crippen LogP contribution in [0.1, 0.15) is 29.9 Å². The normalized spacial score (nSPS) is 19.9. The molecule has 0 aromatic heterocycles. The fourth-order valence-corrected chi connectivity index (χ4v) is 2.32. The number of amides is 1. The molecule has 2 N–H and O–H groups in total. The summed E-state index contributed by atoms with van der Waals surface area (Å²) in [7, 11) is 1.67. The highest BCUT2D eigenvalue weighted by atomic mass is 16.1. The van der Waals surface area contributed by atoms with E-state index in [2.05, 4.69) is 34.9 Å². The second kappa shape index (κ2) is 5.82. The molecule has 0 spiro atoms. The molecule has 2 rings (SSSR count). The maximum Gasteiger partial charge on any atom is 0.224 e. The van der Waals surface area contributed by atoms with Crippen molar-refractivity contribution >= 4 is 5.91 Å². The number of hydrogen-bond acceptors (Lipinski definition) is 2. The van der Waals surface area contributed by atoms with Crippen LogP contribution in [0.5, 0.6) is 0 Å². The Labute approximate surface area is 103 Å². The highest BCUT2D eigenvalue weighted by molar-refractivity contribution is 5.78. The average Bonchev–Trinajstić information content (AvgIpc) is 2.40. The van der Waals surface area contributed by atoms with Gasteiger partial charge >= 0.3 is 0 Å².